The van der Waals surface area contributed by atoms with E-state index in [1.54, 1.807) is 30.4 Å². The Morgan fingerprint density at radius 2 is 1.79 bits per heavy atom. The number of ketones is 1. The van der Waals surface area contributed by atoms with Gasteiger partial charge in [0, 0.05) is 42.3 Å². The van der Waals surface area contributed by atoms with E-state index in [9.17, 15) is 24.6 Å². The minimum Gasteiger partial charge on any atom is -0.458 e. The van der Waals surface area contributed by atoms with E-state index in [-0.39, 0.29) is 30.5 Å². The third-order valence-corrected chi connectivity index (χ3v) is 12.4. The lowest BCUT2D eigenvalue weighted by atomic mass is 9.78. The van der Waals surface area contributed by atoms with Crippen LogP contribution in [0.5, 0.6) is 0 Å². The Balaban J connectivity index is 1.36. The van der Waals surface area contributed by atoms with Gasteiger partial charge in [-0.05, 0) is 105 Å². The molecular weight excluding hydrogens is 747 g/mol. The number of likely N-dealkylation sites (N-methyl/N-ethyl adjacent to an activating group) is 1. The van der Waals surface area contributed by atoms with E-state index in [1.807, 2.05) is 77.2 Å². The van der Waals surface area contributed by atoms with E-state index in [0.717, 1.165) is 11.3 Å². The van der Waals surface area contributed by atoms with Gasteiger partial charge in [0.05, 0.1) is 30.0 Å². The van der Waals surface area contributed by atoms with Crippen LogP contribution in [0, 0.1) is 17.8 Å². The number of cyclic esters (lactones) is 1. The highest BCUT2D eigenvalue weighted by Crippen LogP contribution is 2.39. The molecule has 1 amide bonds. The zero-order chi connectivity index (χ0) is 42.7. The molecule has 0 spiro atoms. The van der Waals surface area contributed by atoms with Gasteiger partial charge in [0.25, 0.3) is 0 Å². The molecule has 3 aliphatic heterocycles. The first-order valence-corrected chi connectivity index (χ1v) is 20.9. The topological polar surface area (TPSA) is 204 Å². The Labute approximate surface area is 343 Å². The second-order valence-corrected chi connectivity index (χ2v) is 17.6. The molecule has 324 valence electrons. The largest absolute Gasteiger partial charge is 0.458 e. The molecule has 0 aliphatic carbocycles. The molecule has 16 heteroatoms. The Morgan fingerprint density at radius 3 is 2.47 bits per heavy atom. The van der Waals surface area contributed by atoms with Crippen LogP contribution in [-0.4, -0.2) is 140 Å². The summed E-state index contributed by atoms with van der Waals surface area (Å²) in [6.07, 6.45) is -0.609. The molecule has 5 N–H and O–H groups in total. The summed E-state index contributed by atoms with van der Waals surface area (Å²) in [4.78, 5) is 45.5. The summed E-state index contributed by atoms with van der Waals surface area (Å²) < 4.78 is 26.6. The number of ether oxygens (including phenoxy) is 4. The molecule has 13 atom stereocenters. The second-order valence-electron chi connectivity index (χ2n) is 17.6. The molecule has 4 heterocycles. The van der Waals surface area contributed by atoms with Crippen molar-refractivity contribution >= 4 is 23.5 Å². The van der Waals surface area contributed by atoms with Crippen molar-refractivity contribution < 1.29 is 43.5 Å². The van der Waals surface area contributed by atoms with Crippen molar-refractivity contribution in [1.29, 1.82) is 0 Å². The van der Waals surface area contributed by atoms with Crippen LogP contribution < -0.4 is 11.1 Å². The molecular formula is C42H67N7O9. The molecule has 58 heavy (non-hydrogen) atoms. The average Bonchev–Trinajstić information content (AvgIpc) is 3.74. The van der Waals surface area contributed by atoms with Gasteiger partial charge in [0.2, 0.25) is 0 Å². The van der Waals surface area contributed by atoms with Gasteiger partial charge in [-0.1, -0.05) is 38.1 Å². The standard InChI is InChI=1S/C42H67N7O9/c1-11-33-42(8)36(49(40(53)58-42)18-13-12-17-48-23-31(45-46-48)29-15-14-16-30(43)20-29)28(6)44-22-24(2)21-41(7,54)37(26(4)34(50)27(5)38(52)56-33)57-39-35(51)32(47(9)10)19-25(3)55-39/h14-16,20,23-28,32-33,35-37,39,44,51,54H,11-13,17-19,21-22,43H2,1-10H3/t24-,25?,26+,27-,28-,32?,33-,35?,36-,37-,39+,41+,42-/m1/s1. The monoisotopic (exact) mass is 814 g/mol. The Kier molecular flexibility index (Phi) is 14.7. The summed E-state index contributed by atoms with van der Waals surface area (Å²) in [5.74, 6) is -3.61. The van der Waals surface area contributed by atoms with Crippen molar-refractivity contribution in [2.24, 2.45) is 17.8 Å². The van der Waals surface area contributed by atoms with Gasteiger partial charge in [-0.3, -0.25) is 19.2 Å². The van der Waals surface area contributed by atoms with Crippen molar-refractivity contribution in [2.45, 2.75) is 154 Å². The molecule has 16 nitrogen and oxygen atoms in total. The van der Waals surface area contributed by atoms with Gasteiger partial charge in [0.1, 0.15) is 23.8 Å². The molecule has 3 unspecified atom stereocenters. The number of benzene rings is 1. The van der Waals surface area contributed by atoms with Crippen LogP contribution in [0.3, 0.4) is 0 Å². The molecule has 3 saturated heterocycles. The summed E-state index contributed by atoms with van der Waals surface area (Å²) >= 11 is 0. The fraction of sp³-hybridized carbons (Fsp3) is 0.738. The van der Waals surface area contributed by atoms with Crippen LogP contribution in [0.4, 0.5) is 10.5 Å². The van der Waals surface area contributed by atoms with Crippen LogP contribution in [0.1, 0.15) is 87.5 Å². The first-order chi connectivity index (χ1) is 27.3. The number of aromatic nitrogens is 3. The van der Waals surface area contributed by atoms with Crippen molar-refractivity contribution in [1.82, 2.24) is 30.1 Å². The van der Waals surface area contributed by atoms with Crippen molar-refractivity contribution in [2.75, 3.05) is 32.9 Å². The van der Waals surface area contributed by atoms with Crippen molar-refractivity contribution in [3.05, 3.63) is 30.5 Å². The number of nitrogen functional groups attached to an aromatic ring is 1. The minimum atomic E-state index is -1.58. The Morgan fingerprint density at radius 1 is 1.09 bits per heavy atom. The lowest BCUT2D eigenvalue weighted by Crippen LogP contribution is -2.61. The minimum absolute atomic E-state index is 0.142. The SMILES string of the molecule is CC[C@H]1OC(=O)[C@H](C)C(=O)[C@H](C)[C@@H](O[C@@H]2OC(C)CC(N(C)C)C2O)[C@@](C)(O)C[C@@H](C)CN[C@H](C)[C@H]2N(CCCCn3cc(-c4cccc(N)c4)nn3)C(=O)O[C@]12C. The average molecular weight is 814 g/mol. The van der Waals surface area contributed by atoms with E-state index < -0.39 is 71.5 Å². The van der Waals surface area contributed by atoms with E-state index in [4.69, 9.17) is 24.7 Å². The molecule has 1 aromatic carbocycles. The van der Waals surface area contributed by atoms with E-state index >= 15 is 0 Å². The third kappa shape index (κ3) is 10.0. The molecule has 0 saturated carbocycles. The number of nitrogens with one attached hydrogen (secondary N) is 1. The normalized spacial score (nSPS) is 36.9. The first-order valence-electron chi connectivity index (χ1n) is 20.9. The lowest BCUT2D eigenvalue weighted by molar-refractivity contribution is -0.293. The number of aryl methyl sites for hydroxylation is 1. The van der Waals surface area contributed by atoms with E-state index in [1.165, 1.54) is 6.92 Å². The first kappa shape index (κ1) is 45.4. The number of Topliss-reactive ketones (excluding diaryl/α,β-unsaturated/α-hetero) is 1. The van der Waals surface area contributed by atoms with Gasteiger partial charge >= 0.3 is 12.1 Å². The summed E-state index contributed by atoms with van der Waals surface area (Å²) in [5.41, 5.74) is 5.35. The maximum Gasteiger partial charge on any atom is 0.410 e. The predicted molar refractivity (Wildman–Crippen MR) is 217 cm³/mol. The van der Waals surface area contributed by atoms with Crippen molar-refractivity contribution in [3.63, 3.8) is 0 Å². The van der Waals surface area contributed by atoms with E-state index in [2.05, 4.69) is 15.6 Å². The number of hydrogen-bond acceptors (Lipinski definition) is 14. The zero-order valence-electron chi connectivity index (χ0n) is 36.0. The lowest BCUT2D eigenvalue weighted by Gasteiger charge is -2.45. The molecule has 5 rings (SSSR count). The van der Waals surface area contributed by atoms with Crippen LogP contribution in [0.25, 0.3) is 11.3 Å². The Bertz CT molecular complexity index is 1720. The Hall–Kier alpha value is -3.67. The number of unbranched alkanes of at least 4 members (excludes halogenated alkanes) is 1. The summed E-state index contributed by atoms with van der Waals surface area (Å²) in [6.45, 7) is 15.7. The summed E-state index contributed by atoms with van der Waals surface area (Å²) in [7, 11) is 3.74. The number of anilines is 1. The van der Waals surface area contributed by atoms with E-state index in [0.29, 0.717) is 51.0 Å². The fourth-order valence-electron chi connectivity index (χ4n) is 9.28. The highest BCUT2D eigenvalue weighted by Gasteiger charge is 2.58. The van der Waals surface area contributed by atoms with Crippen LogP contribution in [0.15, 0.2) is 30.5 Å². The van der Waals surface area contributed by atoms with Gasteiger partial charge < -0.3 is 45.1 Å². The van der Waals surface area contributed by atoms with Crippen LogP contribution >= 0.6 is 0 Å². The van der Waals surface area contributed by atoms with Gasteiger partial charge in [-0.25, -0.2) is 4.79 Å². The number of aliphatic hydroxyl groups is 2. The number of rotatable bonds is 10. The smallest absolute Gasteiger partial charge is 0.410 e. The number of amides is 1. The third-order valence-electron chi connectivity index (χ3n) is 12.4. The highest BCUT2D eigenvalue weighted by molar-refractivity contribution is 6.00. The van der Waals surface area contributed by atoms with Crippen LogP contribution in [-0.2, 0) is 35.1 Å². The summed E-state index contributed by atoms with van der Waals surface area (Å²) in [6, 6.07) is 6.31. The van der Waals surface area contributed by atoms with Gasteiger partial charge in [0.15, 0.2) is 17.7 Å². The molecule has 1 aromatic heterocycles. The molecule has 0 radical (unpaired) electrons. The number of carbonyl (C=O) groups excluding carboxylic acids is 3. The molecule has 3 fully saturated rings. The number of nitrogens with two attached hydrogens (primary N) is 1. The number of nitrogens with zero attached hydrogens (tertiary/aromatic N) is 5. The maximum atomic E-state index is 14.2. The van der Waals surface area contributed by atoms with Gasteiger partial charge in [-0.2, -0.15) is 0 Å². The number of esters is 1. The number of fused-ring (bicyclic) bond motifs is 1. The second kappa shape index (κ2) is 18.7. The van der Waals surface area contributed by atoms with Crippen LogP contribution in [0.2, 0.25) is 0 Å². The number of carbonyl (C=O) groups is 3. The predicted octanol–water partition coefficient (Wildman–Crippen LogP) is 3.63. The molecule has 0 bridgehead atoms. The zero-order valence-corrected chi connectivity index (χ0v) is 36.0. The number of aliphatic hydroxyl groups excluding tert-OH is 1. The fourth-order valence-corrected chi connectivity index (χ4v) is 9.28. The highest BCUT2D eigenvalue weighted by atomic mass is 16.7. The molecule has 2 aromatic rings. The van der Waals surface area contributed by atoms with Crippen molar-refractivity contribution in [3.8, 4) is 11.3 Å². The van der Waals surface area contributed by atoms with Gasteiger partial charge in [-0.15, -0.1) is 5.10 Å². The quantitative estimate of drug-likeness (QED) is 0.117. The molecule has 3 aliphatic rings. The summed E-state index contributed by atoms with van der Waals surface area (Å²) in [5, 5.41) is 35.7. The maximum absolute atomic E-state index is 14.2. The number of hydrogen-bond donors (Lipinski definition) is 4.